The van der Waals surface area contributed by atoms with Crippen LogP contribution >= 0.6 is 0 Å². The van der Waals surface area contributed by atoms with Gasteiger partial charge in [0.1, 0.15) is 16.9 Å². The highest BCUT2D eigenvalue weighted by Crippen LogP contribution is 2.34. The Morgan fingerprint density at radius 1 is 1.26 bits per heavy atom. The number of aromatic nitrogens is 3. The fourth-order valence-corrected chi connectivity index (χ4v) is 5.77. The molecule has 11 heteroatoms. The van der Waals surface area contributed by atoms with E-state index in [9.17, 15) is 18.5 Å². The van der Waals surface area contributed by atoms with Crippen LogP contribution in [0.25, 0.3) is 11.5 Å². The number of nitrogens with zero attached hydrogens (tertiary/aromatic N) is 5. The van der Waals surface area contributed by atoms with E-state index in [1.54, 1.807) is 35.0 Å². The van der Waals surface area contributed by atoms with E-state index in [0.29, 0.717) is 35.1 Å². The first kappa shape index (κ1) is 21.2. The monoisotopic (exact) mass is 445 g/mol. The minimum Gasteiger partial charge on any atom is -0.444 e. The maximum absolute atomic E-state index is 13.2. The average Bonchev–Trinajstić information content (AvgIpc) is 3.36. The number of non-ortho nitro benzene ring substituents is 1. The molecule has 10 nitrogen and oxygen atoms in total. The summed E-state index contributed by atoms with van der Waals surface area (Å²) in [5.74, 6) is 0.324. The lowest BCUT2D eigenvalue weighted by Gasteiger charge is -2.20. The topological polar surface area (TPSA) is 124 Å². The Labute approximate surface area is 179 Å². The third kappa shape index (κ3) is 3.98. The second kappa shape index (κ2) is 7.89. The fraction of sp³-hybridized carbons (Fsp3) is 0.400. The molecule has 1 aliphatic rings. The van der Waals surface area contributed by atoms with Gasteiger partial charge in [-0.1, -0.05) is 6.92 Å². The van der Waals surface area contributed by atoms with Gasteiger partial charge in [0.2, 0.25) is 15.9 Å². The Hall–Kier alpha value is -3.05. The van der Waals surface area contributed by atoms with Crippen molar-refractivity contribution < 1.29 is 17.8 Å². The van der Waals surface area contributed by atoms with E-state index in [2.05, 4.69) is 10.1 Å². The van der Waals surface area contributed by atoms with Crippen LogP contribution in [0.15, 0.2) is 39.8 Å². The molecule has 1 aromatic carbocycles. The van der Waals surface area contributed by atoms with Crippen molar-refractivity contribution in [2.75, 3.05) is 6.54 Å². The second-order valence-electron chi connectivity index (χ2n) is 7.55. The van der Waals surface area contributed by atoms with E-state index in [1.807, 2.05) is 6.92 Å². The van der Waals surface area contributed by atoms with Crippen LogP contribution in [0.4, 0.5) is 5.69 Å². The van der Waals surface area contributed by atoms with Crippen molar-refractivity contribution in [1.82, 2.24) is 19.1 Å². The third-order valence-electron chi connectivity index (χ3n) is 5.34. The van der Waals surface area contributed by atoms with Gasteiger partial charge >= 0.3 is 0 Å². The van der Waals surface area contributed by atoms with Crippen LogP contribution < -0.4 is 0 Å². The summed E-state index contributed by atoms with van der Waals surface area (Å²) in [5.41, 5.74) is 2.17. The average molecular weight is 446 g/mol. The number of sulfonamides is 1. The van der Waals surface area contributed by atoms with E-state index >= 15 is 0 Å². The quantitative estimate of drug-likeness (QED) is 0.385. The van der Waals surface area contributed by atoms with Crippen molar-refractivity contribution in [3.05, 3.63) is 57.7 Å². The lowest BCUT2D eigenvalue weighted by Crippen LogP contribution is -2.33. The predicted molar refractivity (Wildman–Crippen MR) is 112 cm³/mol. The van der Waals surface area contributed by atoms with Gasteiger partial charge in [-0.05, 0) is 38.8 Å². The molecule has 0 saturated heterocycles. The molecule has 0 bridgehead atoms. The standard InChI is InChI=1S/C20H23N5O5S/c1-4-24(17-9-10-17)31(28,29)19-13(2)22-23(14(19)3)11-16-12-30-20(21-16)15-5-7-18(8-6-15)25(26)27/h5-8,12,17H,4,9-11H2,1-3H3. The summed E-state index contributed by atoms with van der Waals surface area (Å²) in [6.07, 6.45) is 3.26. The molecule has 1 saturated carbocycles. The van der Waals surface area contributed by atoms with Crippen molar-refractivity contribution in [3.8, 4) is 11.5 Å². The molecular weight excluding hydrogens is 422 g/mol. The highest BCUT2D eigenvalue weighted by Gasteiger charge is 2.39. The Morgan fingerprint density at radius 3 is 2.52 bits per heavy atom. The zero-order valence-electron chi connectivity index (χ0n) is 17.5. The van der Waals surface area contributed by atoms with Gasteiger partial charge in [0.05, 0.1) is 22.9 Å². The van der Waals surface area contributed by atoms with Gasteiger partial charge in [0, 0.05) is 30.3 Å². The van der Waals surface area contributed by atoms with Gasteiger partial charge in [-0.25, -0.2) is 13.4 Å². The zero-order chi connectivity index (χ0) is 22.3. The Morgan fingerprint density at radius 2 is 1.94 bits per heavy atom. The van der Waals surface area contributed by atoms with Gasteiger partial charge in [-0.2, -0.15) is 9.40 Å². The van der Waals surface area contributed by atoms with E-state index < -0.39 is 14.9 Å². The fourth-order valence-electron chi connectivity index (χ4n) is 3.70. The molecule has 31 heavy (non-hydrogen) atoms. The predicted octanol–water partition coefficient (Wildman–Crippen LogP) is 3.28. The summed E-state index contributed by atoms with van der Waals surface area (Å²) in [6, 6.07) is 5.99. The maximum atomic E-state index is 13.2. The molecule has 0 radical (unpaired) electrons. The van der Waals surface area contributed by atoms with Crippen molar-refractivity contribution in [2.45, 2.75) is 51.1 Å². The number of nitro groups is 1. The summed E-state index contributed by atoms with van der Waals surface area (Å²) in [7, 11) is -3.62. The van der Waals surface area contributed by atoms with Gasteiger partial charge in [-0.15, -0.1) is 0 Å². The van der Waals surface area contributed by atoms with Crippen molar-refractivity contribution in [1.29, 1.82) is 0 Å². The van der Waals surface area contributed by atoms with Gasteiger partial charge in [0.15, 0.2) is 0 Å². The number of nitro benzene ring substituents is 1. The van der Waals surface area contributed by atoms with E-state index in [4.69, 9.17) is 4.42 Å². The third-order valence-corrected chi connectivity index (χ3v) is 7.62. The zero-order valence-corrected chi connectivity index (χ0v) is 18.3. The van der Waals surface area contributed by atoms with Crippen LogP contribution in [0, 0.1) is 24.0 Å². The molecule has 0 atom stereocenters. The minimum atomic E-state index is -3.62. The first-order valence-electron chi connectivity index (χ1n) is 9.97. The van der Waals surface area contributed by atoms with Crippen LogP contribution in [0.3, 0.4) is 0 Å². The number of hydrogen-bond donors (Lipinski definition) is 0. The molecule has 4 rings (SSSR count). The number of aryl methyl sites for hydroxylation is 1. The molecule has 0 spiro atoms. The Bertz CT molecular complexity index is 1230. The minimum absolute atomic E-state index is 0.0146. The number of benzene rings is 1. The second-order valence-corrected chi connectivity index (χ2v) is 9.37. The SMILES string of the molecule is CCN(C1CC1)S(=O)(=O)c1c(C)nn(Cc2coc(-c3ccc([N+](=O)[O-])cc3)n2)c1C. The number of hydrogen-bond acceptors (Lipinski definition) is 7. The van der Waals surface area contributed by atoms with E-state index in [-0.39, 0.29) is 23.2 Å². The molecular formula is C20H23N5O5S. The lowest BCUT2D eigenvalue weighted by atomic mass is 10.2. The lowest BCUT2D eigenvalue weighted by molar-refractivity contribution is -0.384. The van der Waals surface area contributed by atoms with Crippen molar-refractivity contribution in [2.24, 2.45) is 0 Å². The summed E-state index contributed by atoms with van der Waals surface area (Å²) in [5, 5.41) is 15.2. The molecule has 2 heterocycles. The number of rotatable bonds is 8. The molecule has 3 aromatic rings. The Balaban J connectivity index is 1.58. The first-order chi connectivity index (χ1) is 14.7. The van der Waals surface area contributed by atoms with Crippen molar-refractivity contribution in [3.63, 3.8) is 0 Å². The number of oxazole rings is 1. The smallest absolute Gasteiger partial charge is 0.269 e. The van der Waals surface area contributed by atoms with Gasteiger partial charge < -0.3 is 4.42 Å². The molecule has 0 unspecified atom stereocenters. The first-order valence-corrected chi connectivity index (χ1v) is 11.4. The summed E-state index contributed by atoms with van der Waals surface area (Å²) >= 11 is 0. The van der Waals surface area contributed by atoms with Gasteiger partial charge in [-0.3, -0.25) is 14.8 Å². The summed E-state index contributed by atoms with van der Waals surface area (Å²) < 4.78 is 35.1. The maximum Gasteiger partial charge on any atom is 0.269 e. The van der Waals surface area contributed by atoms with Gasteiger partial charge in [0.25, 0.3) is 5.69 Å². The van der Waals surface area contributed by atoms with Crippen LogP contribution in [-0.4, -0.2) is 45.0 Å². The normalized spacial score (nSPS) is 14.3. The summed E-state index contributed by atoms with van der Waals surface area (Å²) in [4.78, 5) is 15.0. The molecule has 0 N–H and O–H groups in total. The highest BCUT2D eigenvalue weighted by atomic mass is 32.2. The van der Waals surface area contributed by atoms with Crippen LogP contribution in [0.5, 0.6) is 0 Å². The molecule has 164 valence electrons. The van der Waals surface area contributed by atoms with E-state index in [1.165, 1.54) is 18.4 Å². The van der Waals surface area contributed by atoms with Crippen molar-refractivity contribution >= 4 is 15.7 Å². The molecule has 2 aromatic heterocycles. The molecule has 0 amide bonds. The highest BCUT2D eigenvalue weighted by molar-refractivity contribution is 7.89. The van der Waals surface area contributed by atoms with Crippen LogP contribution in [-0.2, 0) is 16.6 Å². The molecule has 1 fully saturated rings. The largest absolute Gasteiger partial charge is 0.444 e. The molecule has 1 aliphatic carbocycles. The van der Waals surface area contributed by atoms with Crippen LogP contribution in [0.1, 0.15) is 36.8 Å². The molecule has 0 aliphatic heterocycles. The van der Waals surface area contributed by atoms with E-state index in [0.717, 1.165) is 12.8 Å². The summed E-state index contributed by atoms with van der Waals surface area (Å²) in [6.45, 7) is 5.96. The van der Waals surface area contributed by atoms with Crippen LogP contribution in [0.2, 0.25) is 0 Å². The Kier molecular flexibility index (Phi) is 5.40.